The molecule has 0 atom stereocenters. The second kappa shape index (κ2) is 8.60. The Kier molecular flexibility index (Phi) is 5.88. The minimum absolute atomic E-state index is 0.00500. The number of halogens is 1. The number of thioether (sulfide) groups is 1. The summed E-state index contributed by atoms with van der Waals surface area (Å²) in [6.45, 7) is 1.91. The number of aryl methyl sites for hydroxylation is 1. The summed E-state index contributed by atoms with van der Waals surface area (Å²) in [5.74, 6) is 0.315. The molecule has 0 unspecified atom stereocenters. The van der Waals surface area contributed by atoms with Gasteiger partial charge in [0.05, 0.1) is 18.6 Å². The quantitative estimate of drug-likeness (QED) is 0.330. The summed E-state index contributed by atoms with van der Waals surface area (Å²) in [4.78, 5) is 37.9. The number of rotatable bonds is 5. The van der Waals surface area contributed by atoms with E-state index in [0.29, 0.717) is 17.3 Å². The van der Waals surface area contributed by atoms with Crippen molar-refractivity contribution in [2.24, 2.45) is 0 Å². The van der Waals surface area contributed by atoms with Crippen molar-refractivity contribution in [3.63, 3.8) is 0 Å². The maximum Gasteiger partial charge on any atom is 0.373 e. The molecule has 0 aliphatic carbocycles. The summed E-state index contributed by atoms with van der Waals surface area (Å²) in [6, 6.07) is 12.4. The van der Waals surface area contributed by atoms with Crippen molar-refractivity contribution in [2.45, 2.75) is 13.5 Å². The van der Waals surface area contributed by atoms with Gasteiger partial charge in [-0.25, -0.2) is 4.79 Å². The molecule has 0 saturated carbocycles. The Morgan fingerprint density at radius 1 is 1.16 bits per heavy atom. The Balaban J connectivity index is 1.51. The van der Waals surface area contributed by atoms with E-state index in [1.807, 2.05) is 31.2 Å². The minimum atomic E-state index is -0.630. The number of hydrogen-bond donors (Lipinski definition) is 0. The number of ether oxygens (including phenoxy) is 1. The number of benzene rings is 1. The zero-order valence-corrected chi connectivity index (χ0v) is 18.9. The Morgan fingerprint density at radius 3 is 2.71 bits per heavy atom. The number of furan rings is 2. The lowest BCUT2D eigenvalue weighted by molar-refractivity contribution is -0.123. The summed E-state index contributed by atoms with van der Waals surface area (Å²) in [5.41, 5.74) is 2.00. The predicted molar refractivity (Wildman–Crippen MR) is 118 cm³/mol. The van der Waals surface area contributed by atoms with E-state index in [0.717, 1.165) is 32.3 Å². The molecule has 1 aliphatic heterocycles. The third-order valence-electron chi connectivity index (χ3n) is 4.53. The molecule has 4 rings (SSSR count). The maximum atomic E-state index is 12.7. The second-order valence-electron chi connectivity index (χ2n) is 6.71. The predicted octanol–water partition coefficient (Wildman–Crippen LogP) is 5.63. The fourth-order valence-corrected chi connectivity index (χ4v) is 4.50. The molecule has 1 fully saturated rings. The summed E-state index contributed by atoms with van der Waals surface area (Å²) < 4.78 is 16.7. The fraction of sp³-hybridized carbons (Fsp3) is 0.136. The van der Waals surface area contributed by atoms with E-state index in [2.05, 4.69) is 20.7 Å². The first kappa shape index (κ1) is 21.2. The monoisotopic (exact) mass is 501 g/mol. The van der Waals surface area contributed by atoms with E-state index in [4.69, 9.17) is 8.83 Å². The van der Waals surface area contributed by atoms with Crippen LogP contribution in [-0.2, 0) is 16.1 Å². The van der Waals surface area contributed by atoms with Gasteiger partial charge < -0.3 is 13.6 Å². The van der Waals surface area contributed by atoms with E-state index in [1.54, 1.807) is 12.1 Å². The number of carbonyl (C=O) groups excluding carboxylic acids is 3. The molecular formula is C22H16BrNO6S. The molecule has 0 N–H and O–H groups in total. The van der Waals surface area contributed by atoms with Crippen LogP contribution in [0.4, 0.5) is 4.79 Å². The van der Waals surface area contributed by atoms with Gasteiger partial charge in [0.1, 0.15) is 17.3 Å². The molecular weight excluding hydrogens is 486 g/mol. The van der Waals surface area contributed by atoms with Crippen molar-refractivity contribution in [2.75, 3.05) is 7.11 Å². The zero-order chi connectivity index (χ0) is 22.1. The van der Waals surface area contributed by atoms with Crippen molar-refractivity contribution in [3.05, 3.63) is 74.7 Å². The summed E-state index contributed by atoms with van der Waals surface area (Å²) >= 11 is 4.35. The molecule has 3 aromatic rings. The molecule has 158 valence electrons. The van der Waals surface area contributed by atoms with Crippen LogP contribution in [0.2, 0.25) is 0 Å². The van der Waals surface area contributed by atoms with E-state index in [1.165, 1.54) is 19.2 Å². The van der Waals surface area contributed by atoms with Crippen LogP contribution < -0.4 is 0 Å². The summed E-state index contributed by atoms with van der Waals surface area (Å²) in [6.07, 6.45) is 1.54. The van der Waals surface area contributed by atoms with Gasteiger partial charge in [-0.1, -0.05) is 22.0 Å². The number of esters is 1. The van der Waals surface area contributed by atoms with Crippen LogP contribution >= 0.6 is 27.7 Å². The molecule has 9 heteroatoms. The van der Waals surface area contributed by atoms with Crippen molar-refractivity contribution < 1.29 is 28.0 Å². The standard InChI is InChI=1S/C22H16BrNO6S/c1-12-3-6-15(16(23)9-12)17-7-4-13(29-17)10-19-20(25)24(22(27)31-19)11-14-5-8-18(30-14)21(26)28-2/h3-10H,11H2,1-2H3/b19-10-. The van der Waals surface area contributed by atoms with Gasteiger partial charge in [-0.2, -0.15) is 0 Å². The lowest BCUT2D eigenvalue weighted by atomic mass is 10.1. The van der Waals surface area contributed by atoms with Crippen LogP contribution in [0.1, 0.15) is 27.6 Å². The van der Waals surface area contributed by atoms with Crippen molar-refractivity contribution in [3.8, 4) is 11.3 Å². The van der Waals surface area contributed by atoms with Crippen LogP contribution in [0.15, 0.2) is 60.7 Å². The number of methoxy groups -OCH3 is 1. The van der Waals surface area contributed by atoms with E-state index < -0.39 is 17.1 Å². The van der Waals surface area contributed by atoms with E-state index in [-0.39, 0.29) is 17.2 Å². The molecule has 1 saturated heterocycles. The highest BCUT2D eigenvalue weighted by atomic mass is 79.9. The highest BCUT2D eigenvalue weighted by molar-refractivity contribution is 9.10. The van der Waals surface area contributed by atoms with Gasteiger partial charge in [-0.3, -0.25) is 14.5 Å². The Hall–Kier alpha value is -3.04. The largest absolute Gasteiger partial charge is 0.463 e. The molecule has 0 spiro atoms. The summed E-state index contributed by atoms with van der Waals surface area (Å²) in [5, 5.41) is -0.430. The Morgan fingerprint density at radius 2 is 1.97 bits per heavy atom. The highest BCUT2D eigenvalue weighted by Gasteiger charge is 2.36. The molecule has 0 bridgehead atoms. The minimum Gasteiger partial charge on any atom is -0.463 e. The molecule has 2 aromatic heterocycles. The van der Waals surface area contributed by atoms with Crippen molar-refractivity contribution >= 4 is 50.9 Å². The highest BCUT2D eigenvalue weighted by Crippen LogP contribution is 2.35. The van der Waals surface area contributed by atoms with Gasteiger partial charge >= 0.3 is 5.97 Å². The normalized spacial score (nSPS) is 15.2. The first-order valence-electron chi connectivity index (χ1n) is 9.14. The molecule has 7 nitrogen and oxygen atoms in total. The third kappa shape index (κ3) is 4.38. The first-order valence-corrected chi connectivity index (χ1v) is 10.8. The van der Waals surface area contributed by atoms with Gasteiger partial charge in [-0.15, -0.1) is 0 Å². The van der Waals surface area contributed by atoms with Gasteiger partial charge in [0.25, 0.3) is 11.1 Å². The maximum absolute atomic E-state index is 12.7. The first-order chi connectivity index (χ1) is 14.9. The van der Waals surface area contributed by atoms with Crippen molar-refractivity contribution in [1.29, 1.82) is 0 Å². The van der Waals surface area contributed by atoms with Gasteiger partial charge in [0, 0.05) is 16.1 Å². The lowest BCUT2D eigenvalue weighted by Gasteiger charge is -2.09. The van der Waals surface area contributed by atoms with Crippen LogP contribution in [0.5, 0.6) is 0 Å². The van der Waals surface area contributed by atoms with E-state index >= 15 is 0 Å². The van der Waals surface area contributed by atoms with Gasteiger partial charge in [0.15, 0.2) is 0 Å². The molecule has 31 heavy (non-hydrogen) atoms. The van der Waals surface area contributed by atoms with Crippen LogP contribution in [-0.4, -0.2) is 29.1 Å². The molecule has 0 radical (unpaired) electrons. The Bertz CT molecular complexity index is 1220. The number of carbonyl (C=O) groups is 3. The summed E-state index contributed by atoms with van der Waals surface area (Å²) in [7, 11) is 1.24. The SMILES string of the molecule is COC(=O)c1ccc(CN2C(=O)S/C(=C\c3ccc(-c4ccc(C)cc4Br)o3)C2=O)o1. The van der Waals surface area contributed by atoms with Crippen LogP contribution in [0, 0.1) is 6.92 Å². The molecule has 1 aliphatic rings. The fourth-order valence-electron chi connectivity index (χ4n) is 2.99. The number of hydrogen-bond acceptors (Lipinski definition) is 7. The molecule has 1 aromatic carbocycles. The van der Waals surface area contributed by atoms with E-state index in [9.17, 15) is 14.4 Å². The molecule has 3 heterocycles. The zero-order valence-electron chi connectivity index (χ0n) is 16.5. The number of nitrogens with zero attached hydrogens (tertiary/aromatic N) is 1. The Labute approximate surface area is 190 Å². The average molecular weight is 502 g/mol. The van der Waals surface area contributed by atoms with Gasteiger partial charge in [0.2, 0.25) is 5.76 Å². The molecule has 2 amide bonds. The number of imide groups is 1. The average Bonchev–Trinajstić information content (AvgIpc) is 3.45. The van der Waals surface area contributed by atoms with Gasteiger partial charge in [-0.05, 0) is 60.6 Å². The number of amides is 2. The van der Waals surface area contributed by atoms with Crippen LogP contribution in [0.25, 0.3) is 17.4 Å². The van der Waals surface area contributed by atoms with Crippen LogP contribution in [0.3, 0.4) is 0 Å². The lowest BCUT2D eigenvalue weighted by Crippen LogP contribution is -2.27. The smallest absolute Gasteiger partial charge is 0.373 e. The topological polar surface area (TPSA) is 90.0 Å². The second-order valence-corrected chi connectivity index (χ2v) is 8.56. The van der Waals surface area contributed by atoms with Crippen molar-refractivity contribution in [1.82, 2.24) is 4.90 Å². The third-order valence-corrected chi connectivity index (χ3v) is 6.09.